The van der Waals surface area contributed by atoms with Crippen molar-refractivity contribution in [2.75, 3.05) is 13.7 Å². The minimum Gasteiger partial charge on any atom is -0.504 e. The minimum absolute atomic E-state index is 0.0412. The van der Waals surface area contributed by atoms with Crippen molar-refractivity contribution in [2.45, 2.75) is 6.92 Å². The van der Waals surface area contributed by atoms with Crippen molar-refractivity contribution in [1.29, 1.82) is 0 Å². The topological polar surface area (TPSA) is 58.6 Å². The third-order valence-corrected chi connectivity index (χ3v) is 1.75. The second-order valence-corrected chi connectivity index (χ2v) is 2.69. The standard InChI is InChI=1S/C10H13NO3/c1-3-14-9-6-7(10(13)11-2)4-5-8(9)12/h4-6,12H,3H2,1-2H3,(H,11,13). The van der Waals surface area contributed by atoms with E-state index in [0.717, 1.165) is 0 Å². The van der Waals surface area contributed by atoms with Gasteiger partial charge in [-0.3, -0.25) is 4.79 Å². The van der Waals surface area contributed by atoms with Crippen LogP contribution < -0.4 is 10.1 Å². The van der Waals surface area contributed by atoms with E-state index in [1.807, 2.05) is 6.92 Å². The summed E-state index contributed by atoms with van der Waals surface area (Å²) >= 11 is 0. The van der Waals surface area contributed by atoms with Gasteiger partial charge in [0.15, 0.2) is 11.5 Å². The summed E-state index contributed by atoms with van der Waals surface area (Å²) in [6.07, 6.45) is 0. The van der Waals surface area contributed by atoms with Crippen LogP contribution in [0.25, 0.3) is 0 Å². The number of amides is 1. The first kappa shape index (κ1) is 10.4. The molecule has 4 nitrogen and oxygen atoms in total. The molecule has 0 aliphatic carbocycles. The number of hydrogen-bond donors (Lipinski definition) is 2. The van der Waals surface area contributed by atoms with Gasteiger partial charge in [-0.2, -0.15) is 0 Å². The smallest absolute Gasteiger partial charge is 0.251 e. The first-order chi connectivity index (χ1) is 6.69. The van der Waals surface area contributed by atoms with E-state index >= 15 is 0 Å². The quantitative estimate of drug-likeness (QED) is 0.760. The van der Waals surface area contributed by atoms with Crippen molar-refractivity contribution in [1.82, 2.24) is 5.32 Å². The average molecular weight is 195 g/mol. The van der Waals surface area contributed by atoms with Crippen molar-refractivity contribution in [2.24, 2.45) is 0 Å². The molecule has 1 amide bonds. The number of carbonyl (C=O) groups excluding carboxylic acids is 1. The van der Waals surface area contributed by atoms with Gasteiger partial charge in [-0.1, -0.05) is 0 Å². The van der Waals surface area contributed by atoms with Crippen LogP contribution >= 0.6 is 0 Å². The summed E-state index contributed by atoms with van der Waals surface area (Å²) < 4.78 is 5.14. The van der Waals surface area contributed by atoms with Crippen molar-refractivity contribution in [3.8, 4) is 11.5 Å². The van der Waals surface area contributed by atoms with Crippen LogP contribution in [0.15, 0.2) is 18.2 Å². The zero-order chi connectivity index (χ0) is 10.6. The van der Waals surface area contributed by atoms with Gasteiger partial charge in [-0.05, 0) is 25.1 Å². The lowest BCUT2D eigenvalue weighted by Crippen LogP contribution is -2.17. The van der Waals surface area contributed by atoms with E-state index in [0.29, 0.717) is 17.9 Å². The Labute approximate surface area is 82.5 Å². The molecule has 0 aliphatic heterocycles. The van der Waals surface area contributed by atoms with Gasteiger partial charge in [0.2, 0.25) is 0 Å². The van der Waals surface area contributed by atoms with Crippen molar-refractivity contribution < 1.29 is 14.6 Å². The lowest BCUT2D eigenvalue weighted by Gasteiger charge is -2.07. The molecule has 1 aromatic rings. The third kappa shape index (κ3) is 2.16. The van der Waals surface area contributed by atoms with E-state index in [1.54, 1.807) is 7.05 Å². The highest BCUT2D eigenvalue weighted by Gasteiger charge is 2.07. The summed E-state index contributed by atoms with van der Waals surface area (Å²) in [4.78, 5) is 11.2. The molecule has 0 spiro atoms. The zero-order valence-electron chi connectivity index (χ0n) is 8.20. The van der Waals surface area contributed by atoms with Crippen LogP contribution in [-0.4, -0.2) is 24.7 Å². The van der Waals surface area contributed by atoms with Gasteiger partial charge >= 0.3 is 0 Å². The minimum atomic E-state index is -0.203. The first-order valence-corrected chi connectivity index (χ1v) is 4.37. The predicted octanol–water partition coefficient (Wildman–Crippen LogP) is 1.15. The van der Waals surface area contributed by atoms with E-state index in [4.69, 9.17) is 4.74 Å². The highest BCUT2D eigenvalue weighted by atomic mass is 16.5. The molecule has 0 aromatic heterocycles. The van der Waals surface area contributed by atoms with Gasteiger partial charge < -0.3 is 15.2 Å². The molecule has 0 fully saturated rings. The Morgan fingerprint density at radius 3 is 2.86 bits per heavy atom. The maximum absolute atomic E-state index is 11.2. The van der Waals surface area contributed by atoms with Gasteiger partial charge in [-0.25, -0.2) is 0 Å². The highest BCUT2D eigenvalue weighted by Crippen LogP contribution is 2.26. The zero-order valence-corrected chi connectivity index (χ0v) is 8.20. The van der Waals surface area contributed by atoms with Crippen LogP contribution in [0.2, 0.25) is 0 Å². The average Bonchev–Trinajstić information content (AvgIpc) is 2.20. The van der Waals surface area contributed by atoms with Crippen LogP contribution in [0.3, 0.4) is 0 Å². The largest absolute Gasteiger partial charge is 0.504 e. The summed E-state index contributed by atoms with van der Waals surface area (Å²) in [6, 6.07) is 4.49. The number of phenols is 1. The summed E-state index contributed by atoms with van der Waals surface area (Å²) in [5.41, 5.74) is 0.466. The Hall–Kier alpha value is -1.71. The van der Waals surface area contributed by atoms with E-state index in [1.165, 1.54) is 18.2 Å². The number of benzene rings is 1. The maximum Gasteiger partial charge on any atom is 0.251 e. The Morgan fingerprint density at radius 1 is 1.57 bits per heavy atom. The molecule has 0 heterocycles. The Morgan fingerprint density at radius 2 is 2.29 bits per heavy atom. The lowest BCUT2D eigenvalue weighted by atomic mass is 10.2. The molecule has 0 unspecified atom stereocenters. The molecule has 0 atom stereocenters. The fraction of sp³-hybridized carbons (Fsp3) is 0.300. The fourth-order valence-corrected chi connectivity index (χ4v) is 1.07. The number of aromatic hydroxyl groups is 1. The summed E-state index contributed by atoms with van der Waals surface area (Å²) in [7, 11) is 1.55. The molecule has 0 aliphatic rings. The van der Waals surface area contributed by atoms with Crippen LogP contribution in [0.4, 0.5) is 0 Å². The Bertz CT molecular complexity index is 336. The molecule has 1 rings (SSSR count). The van der Waals surface area contributed by atoms with Gasteiger partial charge in [-0.15, -0.1) is 0 Å². The molecule has 0 bridgehead atoms. The van der Waals surface area contributed by atoms with Crippen LogP contribution in [0.5, 0.6) is 11.5 Å². The number of phenolic OH excluding ortho intramolecular Hbond substituents is 1. The lowest BCUT2D eigenvalue weighted by molar-refractivity contribution is 0.0962. The molecule has 14 heavy (non-hydrogen) atoms. The first-order valence-electron chi connectivity index (χ1n) is 4.37. The number of rotatable bonds is 3. The molecular formula is C10H13NO3. The van der Waals surface area contributed by atoms with Crippen LogP contribution in [0, 0.1) is 0 Å². The summed E-state index contributed by atoms with van der Waals surface area (Å²) in [5, 5.41) is 11.9. The van der Waals surface area contributed by atoms with Gasteiger partial charge in [0.25, 0.3) is 5.91 Å². The predicted molar refractivity (Wildman–Crippen MR) is 52.7 cm³/mol. The third-order valence-electron chi connectivity index (χ3n) is 1.75. The molecule has 4 heteroatoms. The summed E-state index contributed by atoms with van der Waals surface area (Å²) in [6.45, 7) is 2.26. The van der Waals surface area contributed by atoms with Gasteiger partial charge in [0, 0.05) is 12.6 Å². The van der Waals surface area contributed by atoms with E-state index < -0.39 is 0 Å². The van der Waals surface area contributed by atoms with Crippen molar-refractivity contribution >= 4 is 5.91 Å². The van der Waals surface area contributed by atoms with Crippen LogP contribution in [0.1, 0.15) is 17.3 Å². The van der Waals surface area contributed by atoms with E-state index in [-0.39, 0.29) is 11.7 Å². The second-order valence-electron chi connectivity index (χ2n) is 2.69. The van der Waals surface area contributed by atoms with Gasteiger partial charge in [0.1, 0.15) is 0 Å². The highest BCUT2D eigenvalue weighted by molar-refractivity contribution is 5.94. The SMILES string of the molecule is CCOc1cc(C(=O)NC)ccc1O. The number of nitrogens with one attached hydrogen (secondary N) is 1. The number of ether oxygens (including phenoxy) is 1. The fourth-order valence-electron chi connectivity index (χ4n) is 1.07. The maximum atomic E-state index is 11.2. The van der Waals surface area contributed by atoms with Gasteiger partial charge in [0.05, 0.1) is 6.61 Å². The molecular weight excluding hydrogens is 182 g/mol. The molecule has 0 saturated carbocycles. The normalized spacial score (nSPS) is 9.57. The van der Waals surface area contributed by atoms with E-state index in [9.17, 15) is 9.90 Å². The number of carbonyl (C=O) groups is 1. The Balaban J connectivity index is 2.99. The van der Waals surface area contributed by atoms with Crippen LogP contribution in [-0.2, 0) is 0 Å². The molecule has 2 N–H and O–H groups in total. The summed E-state index contributed by atoms with van der Waals surface area (Å²) in [5.74, 6) is 0.166. The monoisotopic (exact) mass is 195 g/mol. The van der Waals surface area contributed by atoms with E-state index in [2.05, 4.69) is 5.32 Å². The molecule has 76 valence electrons. The van der Waals surface area contributed by atoms with Crippen molar-refractivity contribution in [3.05, 3.63) is 23.8 Å². The Kier molecular flexibility index (Phi) is 3.34. The molecule has 0 saturated heterocycles. The van der Waals surface area contributed by atoms with Crippen molar-refractivity contribution in [3.63, 3.8) is 0 Å². The number of hydrogen-bond acceptors (Lipinski definition) is 3. The molecule has 1 aromatic carbocycles. The molecule has 0 radical (unpaired) electrons. The second kappa shape index (κ2) is 4.50.